The molecule has 0 aliphatic heterocycles. The van der Waals surface area contributed by atoms with Gasteiger partial charge in [-0.15, -0.1) is 0 Å². The Morgan fingerprint density at radius 1 is 0.909 bits per heavy atom. The largest absolute Gasteiger partial charge is 0.381 e. The van der Waals surface area contributed by atoms with E-state index in [1.807, 2.05) is 37.3 Å². The Kier molecular flexibility index (Phi) is 6.99. The lowest BCUT2D eigenvalue weighted by Gasteiger charge is -2.16. The van der Waals surface area contributed by atoms with Gasteiger partial charge in [-0.25, -0.2) is 8.42 Å². The molecule has 3 aromatic rings. The maximum absolute atomic E-state index is 13.1. The van der Waals surface area contributed by atoms with E-state index >= 15 is 0 Å². The van der Waals surface area contributed by atoms with E-state index in [9.17, 15) is 13.2 Å². The second kappa shape index (κ2) is 10.1. The fraction of sp³-hybridized carbons (Fsp3) is 0.269. The van der Waals surface area contributed by atoms with Crippen molar-refractivity contribution in [1.29, 1.82) is 0 Å². The molecule has 6 nitrogen and oxygen atoms in total. The average Bonchev–Trinajstić information content (AvgIpc) is 3.32. The van der Waals surface area contributed by atoms with E-state index in [4.69, 9.17) is 0 Å². The minimum Gasteiger partial charge on any atom is -0.381 e. The summed E-state index contributed by atoms with van der Waals surface area (Å²) in [5, 5.41) is 6.32. The zero-order chi connectivity index (χ0) is 23.3. The van der Waals surface area contributed by atoms with Crippen LogP contribution in [0.2, 0.25) is 0 Å². The second-order valence-electron chi connectivity index (χ2n) is 8.51. The van der Waals surface area contributed by atoms with Crippen molar-refractivity contribution in [2.24, 2.45) is 0 Å². The maximum Gasteiger partial charge on any atom is 0.261 e. The van der Waals surface area contributed by atoms with Crippen molar-refractivity contribution in [2.75, 3.05) is 10.0 Å². The third kappa shape index (κ3) is 6.14. The highest BCUT2D eigenvalue weighted by Gasteiger charge is 2.21. The summed E-state index contributed by atoms with van der Waals surface area (Å²) in [6, 6.07) is 21.7. The van der Waals surface area contributed by atoms with E-state index in [0.29, 0.717) is 23.5 Å². The molecule has 0 atom stereocenters. The molecule has 0 unspecified atom stereocenters. The predicted molar refractivity (Wildman–Crippen MR) is 132 cm³/mol. The first-order valence-corrected chi connectivity index (χ1v) is 12.7. The van der Waals surface area contributed by atoms with E-state index in [0.717, 1.165) is 31.2 Å². The Balaban J connectivity index is 1.61. The van der Waals surface area contributed by atoms with Crippen LogP contribution in [0.15, 0.2) is 77.7 Å². The molecule has 0 radical (unpaired) electrons. The van der Waals surface area contributed by atoms with Crippen LogP contribution in [0.4, 0.5) is 11.4 Å². The molecule has 0 aromatic heterocycles. The van der Waals surface area contributed by atoms with Gasteiger partial charge >= 0.3 is 0 Å². The van der Waals surface area contributed by atoms with E-state index in [2.05, 4.69) is 15.4 Å². The molecule has 1 amide bonds. The molecule has 1 aliphatic carbocycles. The smallest absolute Gasteiger partial charge is 0.261 e. The summed E-state index contributed by atoms with van der Waals surface area (Å²) in [7, 11) is -3.88. The van der Waals surface area contributed by atoms with E-state index < -0.39 is 10.0 Å². The summed E-state index contributed by atoms with van der Waals surface area (Å²) in [5.41, 5.74) is 3.60. The summed E-state index contributed by atoms with van der Waals surface area (Å²) in [4.78, 5) is 13.0. The number of carbonyl (C=O) groups is 1. The molecule has 0 saturated heterocycles. The molecule has 3 N–H and O–H groups in total. The minimum absolute atomic E-state index is 0.0387. The zero-order valence-corrected chi connectivity index (χ0v) is 19.5. The number of aryl methyl sites for hydroxylation is 1. The number of anilines is 2. The minimum atomic E-state index is -3.88. The Morgan fingerprint density at radius 3 is 2.30 bits per heavy atom. The average molecular weight is 464 g/mol. The molecule has 1 fully saturated rings. The van der Waals surface area contributed by atoms with Gasteiger partial charge in [0.1, 0.15) is 0 Å². The number of benzene rings is 3. The van der Waals surface area contributed by atoms with Gasteiger partial charge in [-0.2, -0.15) is 0 Å². The van der Waals surface area contributed by atoms with Gasteiger partial charge in [0, 0.05) is 29.5 Å². The van der Waals surface area contributed by atoms with Crippen LogP contribution in [-0.4, -0.2) is 20.4 Å². The van der Waals surface area contributed by atoms with Crippen molar-refractivity contribution < 1.29 is 13.2 Å². The highest BCUT2D eigenvalue weighted by molar-refractivity contribution is 7.92. The number of hydrogen-bond acceptors (Lipinski definition) is 4. The molecule has 1 aliphatic rings. The Labute approximate surface area is 195 Å². The van der Waals surface area contributed by atoms with Gasteiger partial charge in [-0.05, 0) is 55.7 Å². The molecule has 7 heteroatoms. The van der Waals surface area contributed by atoms with Gasteiger partial charge in [0.25, 0.3) is 15.9 Å². The van der Waals surface area contributed by atoms with Gasteiger partial charge in [0.15, 0.2) is 0 Å². The number of rotatable bonds is 8. The molecule has 0 heterocycles. The van der Waals surface area contributed by atoms with Crippen molar-refractivity contribution in [3.63, 3.8) is 0 Å². The maximum atomic E-state index is 13.1. The fourth-order valence-corrected chi connectivity index (χ4v) is 5.09. The van der Waals surface area contributed by atoms with Crippen LogP contribution in [0.3, 0.4) is 0 Å². The first kappa shape index (κ1) is 22.9. The van der Waals surface area contributed by atoms with Crippen LogP contribution in [0, 0.1) is 6.92 Å². The van der Waals surface area contributed by atoms with Crippen molar-refractivity contribution in [3.8, 4) is 0 Å². The number of amides is 1. The number of nitrogens with one attached hydrogen (secondary N) is 3. The topological polar surface area (TPSA) is 87.3 Å². The molecule has 0 spiro atoms. The first-order valence-electron chi connectivity index (χ1n) is 11.2. The lowest BCUT2D eigenvalue weighted by molar-refractivity contribution is 0.0937. The van der Waals surface area contributed by atoms with Crippen molar-refractivity contribution >= 4 is 27.3 Å². The van der Waals surface area contributed by atoms with Gasteiger partial charge in [-0.1, -0.05) is 60.9 Å². The highest BCUT2D eigenvalue weighted by atomic mass is 32.2. The van der Waals surface area contributed by atoms with E-state index in [1.54, 1.807) is 36.4 Å². The van der Waals surface area contributed by atoms with Gasteiger partial charge in [0.2, 0.25) is 0 Å². The van der Waals surface area contributed by atoms with Crippen molar-refractivity contribution in [1.82, 2.24) is 5.32 Å². The highest BCUT2D eigenvalue weighted by Crippen LogP contribution is 2.24. The van der Waals surface area contributed by atoms with Crippen LogP contribution in [0.1, 0.15) is 47.2 Å². The van der Waals surface area contributed by atoms with E-state index in [1.165, 1.54) is 11.6 Å². The predicted octanol–water partition coefficient (Wildman–Crippen LogP) is 5.08. The van der Waals surface area contributed by atoms with Crippen LogP contribution in [-0.2, 0) is 16.6 Å². The lowest BCUT2D eigenvalue weighted by atomic mass is 10.1. The lowest BCUT2D eigenvalue weighted by Crippen LogP contribution is -2.32. The summed E-state index contributed by atoms with van der Waals surface area (Å²) >= 11 is 0. The number of sulfonamides is 1. The number of para-hydroxylation sites is 1. The van der Waals surface area contributed by atoms with Gasteiger partial charge in [0.05, 0.1) is 4.90 Å². The van der Waals surface area contributed by atoms with Crippen LogP contribution < -0.4 is 15.4 Å². The summed E-state index contributed by atoms with van der Waals surface area (Å²) in [6.07, 6.45) is 4.11. The number of carbonyl (C=O) groups excluding carboxylic acids is 1. The van der Waals surface area contributed by atoms with Crippen LogP contribution >= 0.6 is 0 Å². The fourth-order valence-electron chi connectivity index (χ4n) is 3.96. The van der Waals surface area contributed by atoms with Crippen molar-refractivity contribution in [2.45, 2.75) is 50.1 Å². The molecule has 3 aromatic carbocycles. The quantitative estimate of drug-likeness (QED) is 0.435. The molecule has 33 heavy (non-hydrogen) atoms. The Hall–Kier alpha value is -3.32. The number of hydrogen-bond donors (Lipinski definition) is 3. The normalized spacial score (nSPS) is 14.1. The summed E-state index contributed by atoms with van der Waals surface area (Å²) in [6.45, 7) is 2.54. The Morgan fingerprint density at radius 2 is 1.61 bits per heavy atom. The molecular formula is C26H29N3O3S. The third-order valence-electron chi connectivity index (χ3n) is 5.81. The van der Waals surface area contributed by atoms with Gasteiger partial charge < -0.3 is 10.6 Å². The molecule has 172 valence electrons. The Bertz CT molecular complexity index is 1200. The summed E-state index contributed by atoms with van der Waals surface area (Å²) < 4.78 is 28.8. The molecule has 4 rings (SSSR count). The van der Waals surface area contributed by atoms with Crippen LogP contribution in [0.25, 0.3) is 0 Å². The third-order valence-corrected chi connectivity index (χ3v) is 7.17. The van der Waals surface area contributed by atoms with Gasteiger partial charge in [-0.3, -0.25) is 9.52 Å². The first-order chi connectivity index (χ1) is 15.9. The second-order valence-corrected chi connectivity index (χ2v) is 10.2. The zero-order valence-electron chi connectivity index (χ0n) is 18.7. The van der Waals surface area contributed by atoms with Crippen molar-refractivity contribution in [3.05, 3.63) is 89.5 Å². The standard InChI is InChI=1S/C26H29N3O3S/c1-19-11-13-20(14-12-19)18-27-24-15-21(26(30)28-22-7-5-6-8-22)16-25(17-24)33(31,32)29-23-9-3-2-4-10-23/h2-4,9-17,22,27,29H,5-8,18H2,1H3,(H,28,30). The van der Waals surface area contributed by atoms with Crippen LogP contribution in [0.5, 0.6) is 0 Å². The molecule has 0 bridgehead atoms. The monoisotopic (exact) mass is 463 g/mol. The van der Waals surface area contributed by atoms with E-state index in [-0.39, 0.29) is 16.8 Å². The SMILES string of the molecule is Cc1ccc(CNc2cc(C(=O)NC3CCCC3)cc(S(=O)(=O)Nc3ccccc3)c2)cc1. The molecular weight excluding hydrogens is 434 g/mol. The summed E-state index contributed by atoms with van der Waals surface area (Å²) in [5.74, 6) is -0.253. The molecule has 1 saturated carbocycles.